The molecule has 2 rings (SSSR count). The normalized spacial score (nSPS) is 19.6. The van der Waals surface area contributed by atoms with Crippen molar-refractivity contribution in [2.75, 3.05) is 0 Å². The maximum Gasteiger partial charge on any atom is 0.188 e. The Labute approximate surface area is 115 Å². The first-order chi connectivity index (χ1) is 8.66. The van der Waals surface area contributed by atoms with Crippen LogP contribution in [0.5, 0.6) is 0 Å². The van der Waals surface area contributed by atoms with Crippen LogP contribution < -0.4 is 0 Å². The average molecular weight is 311 g/mol. The molecule has 0 radical (unpaired) electrons. The lowest BCUT2D eigenvalue weighted by atomic mass is 9.94. The number of hydrogen-bond acceptors (Lipinski definition) is 1. The van der Waals surface area contributed by atoms with Crippen molar-refractivity contribution in [1.82, 2.24) is 0 Å². The first-order valence-electron chi connectivity index (χ1n) is 6.36. The Hall–Kier alpha value is -0.960. The van der Waals surface area contributed by atoms with Crippen LogP contribution in [-0.2, 0) is 0 Å². The van der Waals surface area contributed by atoms with Crippen molar-refractivity contribution in [3.8, 4) is 0 Å². The minimum Gasteiger partial charge on any atom is -0.289 e. The van der Waals surface area contributed by atoms with Crippen molar-refractivity contribution in [3.63, 3.8) is 0 Å². The highest BCUT2D eigenvalue weighted by Crippen LogP contribution is 2.23. The molecule has 1 aromatic rings. The van der Waals surface area contributed by atoms with E-state index in [1.807, 2.05) is 6.08 Å². The molecule has 0 atom stereocenters. The first kappa shape index (κ1) is 13.5. The van der Waals surface area contributed by atoms with E-state index in [-0.39, 0.29) is 11.6 Å². The Balaban J connectivity index is 2.23. The van der Waals surface area contributed by atoms with E-state index < -0.39 is 0 Å². The van der Waals surface area contributed by atoms with Gasteiger partial charge >= 0.3 is 0 Å². The smallest absolute Gasteiger partial charge is 0.188 e. The van der Waals surface area contributed by atoms with Gasteiger partial charge in [0.05, 0.1) is 0 Å². The van der Waals surface area contributed by atoms with Crippen LogP contribution in [0.15, 0.2) is 34.3 Å². The molecule has 1 aliphatic rings. The first-order valence-corrected chi connectivity index (χ1v) is 7.16. The molecule has 0 amide bonds. The van der Waals surface area contributed by atoms with Crippen LogP contribution >= 0.6 is 15.9 Å². The van der Waals surface area contributed by atoms with E-state index in [4.69, 9.17) is 0 Å². The van der Waals surface area contributed by atoms with E-state index in [0.717, 1.165) is 31.3 Å². The van der Waals surface area contributed by atoms with E-state index in [9.17, 15) is 9.18 Å². The molecule has 1 nitrogen and oxygen atoms in total. The fourth-order valence-electron chi connectivity index (χ4n) is 2.27. The van der Waals surface area contributed by atoms with Gasteiger partial charge in [-0.05, 0) is 49.5 Å². The van der Waals surface area contributed by atoms with Gasteiger partial charge in [-0.25, -0.2) is 4.39 Å². The lowest BCUT2D eigenvalue weighted by molar-refractivity contribution is 0.102. The third kappa shape index (κ3) is 3.52. The highest BCUT2D eigenvalue weighted by Gasteiger charge is 2.14. The fraction of sp³-hybridized carbons (Fsp3) is 0.400. The summed E-state index contributed by atoms with van der Waals surface area (Å²) < 4.78 is 13.9. The zero-order chi connectivity index (χ0) is 13.0. The Morgan fingerprint density at radius 1 is 1.11 bits per heavy atom. The van der Waals surface area contributed by atoms with Crippen LogP contribution in [-0.4, -0.2) is 5.78 Å². The van der Waals surface area contributed by atoms with Crippen molar-refractivity contribution in [3.05, 3.63) is 45.7 Å². The Morgan fingerprint density at radius 2 is 1.89 bits per heavy atom. The van der Waals surface area contributed by atoms with Crippen molar-refractivity contribution >= 4 is 21.7 Å². The molecule has 0 unspecified atom stereocenters. The highest BCUT2D eigenvalue weighted by molar-refractivity contribution is 9.10. The number of ketones is 1. The summed E-state index contributed by atoms with van der Waals surface area (Å²) in [6.07, 6.45) is 8.41. The van der Waals surface area contributed by atoms with Crippen LogP contribution in [0.3, 0.4) is 0 Å². The third-order valence-corrected chi connectivity index (χ3v) is 3.67. The summed E-state index contributed by atoms with van der Waals surface area (Å²) in [7, 11) is 0. The van der Waals surface area contributed by atoms with E-state index in [1.54, 1.807) is 6.07 Å². The van der Waals surface area contributed by atoms with E-state index >= 15 is 0 Å². The summed E-state index contributed by atoms with van der Waals surface area (Å²) in [5, 5.41) is 0. The van der Waals surface area contributed by atoms with E-state index in [1.165, 1.54) is 25.0 Å². The van der Waals surface area contributed by atoms with Gasteiger partial charge in [0.15, 0.2) is 5.78 Å². The second-order valence-corrected chi connectivity index (χ2v) is 5.59. The van der Waals surface area contributed by atoms with E-state index in [2.05, 4.69) is 15.9 Å². The SMILES string of the molecule is O=C(/C1=C/CCCCCC1)c1cc(F)cc(Br)c1. The van der Waals surface area contributed by atoms with Crippen molar-refractivity contribution in [2.24, 2.45) is 0 Å². The quantitative estimate of drug-likeness (QED) is 0.698. The lowest BCUT2D eigenvalue weighted by Gasteiger charge is -2.10. The van der Waals surface area contributed by atoms with Crippen LogP contribution in [0, 0.1) is 5.82 Å². The van der Waals surface area contributed by atoms with Gasteiger partial charge in [0.25, 0.3) is 0 Å². The number of hydrogen-bond donors (Lipinski definition) is 0. The molecule has 0 N–H and O–H groups in total. The van der Waals surface area contributed by atoms with E-state index in [0.29, 0.717) is 10.0 Å². The van der Waals surface area contributed by atoms with Gasteiger partial charge in [0.2, 0.25) is 0 Å². The molecule has 0 fully saturated rings. The summed E-state index contributed by atoms with van der Waals surface area (Å²) in [5.74, 6) is -0.406. The molecule has 0 bridgehead atoms. The summed E-state index contributed by atoms with van der Waals surface area (Å²) in [4.78, 5) is 12.3. The van der Waals surface area contributed by atoms with Crippen molar-refractivity contribution in [1.29, 1.82) is 0 Å². The van der Waals surface area contributed by atoms with Gasteiger partial charge in [0, 0.05) is 10.0 Å². The van der Waals surface area contributed by atoms with Crippen LogP contribution in [0.25, 0.3) is 0 Å². The van der Waals surface area contributed by atoms with Gasteiger partial charge in [-0.2, -0.15) is 0 Å². The van der Waals surface area contributed by atoms with Gasteiger partial charge in [-0.1, -0.05) is 34.8 Å². The molecule has 3 heteroatoms. The maximum absolute atomic E-state index is 13.3. The van der Waals surface area contributed by atoms with Crippen LogP contribution in [0.4, 0.5) is 4.39 Å². The Kier molecular flexibility index (Phi) is 4.70. The summed E-state index contributed by atoms with van der Waals surface area (Å²) in [6.45, 7) is 0. The number of Topliss-reactive ketones (excluding diaryl/α,β-unsaturated/α-hetero) is 1. The molecular weight excluding hydrogens is 295 g/mol. The van der Waals surface area contributed by atoms with Crippen molar-refractivity contribution in [2.45, 2.75) is 38.5 Å². The zero-order valence-corrected chi connectivity index (χ0v) is 11.8. The monoisotopic (exact) mass is 310 g/mol. The molecule has 0 aliphatic heterocycles. The molecule has 0 heterocycles. The summed E-state index contributed by atoms with van der Waals surface area (Å²) >= 11 is 3.22. The topological polar surface area (TPSA) is 17.1 Å². The number of rotatable bonds is 2. The maximum atomic E-state index is 13.3. The fourth-order valence-corrected chi connectivity index (χ4v) is 2.73. The highest BCUT2D eigenvalue weighted by atomic mass is 79.9. The van der Waals surface area contributed by atoms with Crippen molar-refractivity contribution < 1.29 is 9.18 Å². The predicted octanol–water partition coefficient (Wildman–Crippen LogP) is 5.05. The summed E-state index contributed by atoms with van der Waals surface area (Å²) in [6, 6.07) is 4.36. The molecule has 18 heavy (non-hydrogen) atoms. The number of allylic oxidation sites excluding steroid dienone is 2. The average Bonchev–Trinajstić information content (AvgIpc) is 2.26. The zero-order valence-electron chi connectivity index (χ0n) is 10.2. The van der Waals surface area contributed by atoms with Gasteiger partial charge in [-0.15, -0.1) is 0 Å². The third-order valence-electron chi connectivity index (χ3n) is 3.21. The molecule has 0 saturated heterocycles. The largest absolute Gasteiger partial charge is 0.289 e. The minimum atomic E-state index is -0.376. The summed E-state index contributed by atoms with van der Waals surface area (Å²) in [5.41, 5.74) is 1.28. The molecular formula is C15H16BrFO. The second-order valence-electron chi connectivity index (χ2n) is 4.67. The molecule has 0 spiro atoms. The minimum absolute atomic E-state index is 0.0305. The Bertz CT molecular complexity index is 459. The standard InChI is InChI=1S/C15H16BrFO/c16-13-8-12(9-14(17)10-13)15(18)11-6-4-2-1-3-5-7-11/h6,8-10H,1-5,7H2/b11-6+. The number of benzene rings is 1. The van der Waals surface area contributed by atoms with Gasteiger partial charge in [-0.3, -0.25) is 4.79 Å². The Morgan fingerprint density at radius 3 is 2.67 bits per heavy atom. The lowest BCUT2D eigenvalue weighted by Crippen LogP contribution is -2.05. The van der Waals surface area contributed by atoms with Gasteiger partial charge in [0.1, 0.15) is 5.82 Å². The number of halogens is 2. The number of carbonyl (C=O) groups excluding carboxylic acids is 1. The molecule has 1 aromatic carbocycles. The molecule has 0 saturated carbocycles. The van der Waals surface area contributed by atoms with Gasteiger partial charge < -0.3 is 0 Å². The predicted molar refractivity (Wildman–Crippen MR) is 74.2 cm³/mol. The van der Waals surface area contributed by atoms with Crippen LogP contribution in [0.1, 0.15) is 48.9 Å². The molecule has 0 aromatic heterocycles. The number of carbonyl (C=O) groups is 1. The molecule has 96 valence electrons. The molecule has 1 aliphatic carbocycles. The second kappa shape index (κ2) is 6.28. The van der Waals surface area contributed by atoms with Crippen LogP contribution in [0.2, 0.25) is 0 Å².